The largest absolute Gasteiger partial charge is 0.488 e. The minimum atomic E-state index is -2.40. The molecule has 0 radical (unpaired) electrons. The first-order valence-corrected chi connectivity index (χ1v) is 25.1. The summed E-state index contributed by atoms with van der Waals surface area (Å²) in [6.45, 7) is 5.51. The molecule has 398 valence electrons. The second kappa shape index (κ2) is 24.5. The molecule has 0 bridgehead atoms. The molecule has 0 aromatic heterocycles. The Hall–Kier alpha value is -5.38. The first kappa shape index (κ1) is 54.9. The van der Waals surface area contributed by atoms with Gasteiger partial charge in [-0.1, -0.05) is 71.7 Å². The molecule has 74 heavy (non-hydrogen) atoms. The number of carbonyl (C=O) groups is 4. The van der Waals surface area contributed by atoms with E-state index in [0.29, 0.717) is 61.2 Å². The van der Waals surface area contributed by atoms with Gasteiger partial charge in [-0.2, -0.15) is 0 Å². The second-order valence-corrected chi connectivity index (χ2v) is 19.5. The zero-order valence-electron chi connectivity index (χ0n) is 41.2. The van der Waals surface area contributed by atoms with E-state index in [2.05, 4.69) is 0 Å². The predicted molar refractivity (Wildman–Crippen MR) is 263 cm³/mol. The molecule has 0 unspecified atom stereocenters. The highest BCUT2D eigenvalue weighted by Gasteiger charge is 2.62. The summed E-state index contributed by atoms with van der Waals surface area (Å²) >= 11 is 14.0. The molecule has 4 aliphatic rings. The predicted octanol–water partition coefficient (Wildman–Crippen LogP) is 5.66. The smallest absolute Gasteiger partial charge is 0.303 e. The fourth-order valence-corrected chi connectivity index (χ4v) is 9.97. The first-order valence-electron chi connectivity index (χ1n) is 24.4. The molecule has 8 rings (SSSR count). The van der Waals surface area contributed by atoms with Crippen LogP contribution in [0.5, 0.6) is 11.5 Å². The Labute approximate surface area is 437 Å². The molecule has 0 amide bonds. The van der Waals surface area contributed by atoms with Crippen LogP contribution in [-0.2, 0) is 80.4 Å². The number of hydrogen-bond donors (Lipinski definition) is 3. The van der Waals surface area contributed by atoms with E-state index in [4.69, 9.17) is 75.3 Å². The van der Waals surface area contributed by atoms with Gasteiger partial charge in [-0.3, -0.25) is 19.2 Å². The molecular formula is C54H60Cl2O18. The molecule has 20 heteroatoms. The lowest BCUT2D eigenvalue weighted by Gasteiger charge is -2.51. The van der Waals surface area contributed by atoms with Gasteiger partial charge in [0.1, 0.15) is 66.9 Å². The fraction of sp³-hybridized carbons (Fsp3) is 0.481. The van der Waals surface area contributed by atoms with Crippen LogP contribution in [0.25, 0.3) is 0 Å². The summed E-state index contributed by atoms with van der Waals surface area (Å²) in [4.78, 5) is 51.1. The molecule has 4 fully saturated rings. The normalized spacial score (nSPS) is 28.7. The van der Waals surface area contributed by atoms with E-state index in [1.54, 1.807) is 30.3 Å². The van der Waals surface area contributed by atoms with E-state index >= 15 is 0 Å². The van der Waals surface area contributed by atoms with Crippen LogP contribution in [0.3, 0.4) is 0 Å². The monoisotopic (exact) mass is 1070 g/mol. The van der Waals surface area contributed by atoms with Crippen molar-refractivity contribution in [3.8, 4) is 11.5 Å². The number of aliphatic hydroxyl groups excluding tert-OH is 3. The van der Waals surface area contributed by atoms with Crippen molar-refractivity contribution in [2.24, 2.45) is 0 Å². The molecule has 3 N–H and O–H groups in total. The Morgan fingerprint density at radius 2 is 1.15 bits per heavy atom. The lowest BCUT2D eigenvalue weighted by Crippen LogP contribution is -2.68. The number of benzene rings is 4. The summed E-state index contributed by atoms with van der Waals surface area (Å²) in [6, 6.07) is 25.0. The number of aliphatic hydroxyl groups is 3. The molecule has 0 spiro atoms. The minimum absolute atomic E-state index is 0.00791. The zero-order chi connectivity index (χ0) is 52.7. The standard InChI is InChI=1S/C54H60Cl2O18/c1-29(57)66-27-46-51(68-30(2)58)52(69-31(3)59)53(70-32(4)60)54(74-46,38-12-11-36(44(56)24-38)22-34-7-15-40(16-8-34)72-42-18-20-65-26-42)67-28-45-47(61)48(62)49(63)50(73-45)37-10-9-35(43(55)23-37)21-33-5-13-39(14-6-33)71-41-17-19-64-25-41/h5-16,23-24,41-42,45-53,61-63H,17-22,25-28H2,1-4H3/t41-,42-,45+,46+,47+,48-,49+,50-,51+,52-,53+,54-/m0/s1. The van der Waals surface area contributed by atoms with Gasteiger partial charge >= 0.3 is 23.9 Å². The van der Waals surface area contributed by atoms with Crippen molar-refractivity contribution in [3.05, 3.63) is 128 Å². The highest BCUT2D eigenvalue weighted by atomic mass is 35.5. The van der Waals surface area contributed by atoms with E-state index in [1.807, 2.05) is 48.5 Å². The summed E-state index contributed by atoms with van der Waals surface area (Å²) in [7, 11) is 0. The summed E-state index contributed by atoms with van der Waals surface area (Å²) in [5.74, 6) is -4.38. The van der Waals surface area contributed by atoms with Gasteiger partial charge in [0.2, 0.25) is 11.9 Å². The Balaban J connectivity index is 1.10. The van der Waals surface area contributed by atoms with Crippen LogP contribution in [-0.4, -0.2) is 140 Å². The van der Waals surface area contributed by atoms with Gasteiger partial charge in [-0.25, -0.2) is 0 Å². The van der Waals surface area contributed by atoms with Crippen LogP contribution < -0.4 is 9.47 Å². The topological polar surface area (TPSA) is 230 Å². The fourth-order valence-electron chi connectivity index (χ4n) is 9.47. The van der Waals surface area contributed by atoms with Crippen molar-refractivity contribution in [2.45, 2.75) is 126 Å². The molecule has 4 heterocycles. The number of rotatable bonds is 18. The average molecular weight is 1070 g/mol. The molecular weight excluding hydrogens is 1010 g/mol. The van der Waals surface area contributed by atoms with Crippen molar-refractivity contribution in [1.82, 2.24) is 0 Å². The summed E-state index contributed by atoms with van der Waals surface area (Å²) in [5.41, 5.74) is 3.67. The van der Waals surface area contributed by atoms with Gasteiger partial charge in [0.25, 0.3) is 0 Å². The molecule has 4 aliphatic heterocycles. The van der Waals surface area contributed by atoms with E-state index < -0.39 is 97.8 Å². The molecule has 4 aromatic carbocycles. The van der Waals surface area contributed by atoms with Gasteiger partial charge in [0, 0.05) is 56.1 Å². The molecule has 4 aromatic rings. The number of esters is 4. The highest BCUT2D eigenvalue weighted by Crippen LogP contribution is 2.46. The van der Waals surface area contributed by atoms with E-state index in [1.165, 1.54) is 6.07 Å². The van der Waals surface area contributed by atoms with Crippen molar-refractivity contribution in [1.29, 1.82) is 0 Å². The maximum absolute atomic E-state index is 13.2. The molecule has 18 nitrogen and oxygen atoms in total. The van der Waals surface area contributed by atoms with Crippen molar-refractivity contribution >= 4 is 47.1 Å². The Kier molecular flexibility index (Phi) is 18.2. The third kappa shape index (κ3) is 13.3. The lowest BCUT2D eigenvalue weighted by molar-refractivity contribution is -0.382. The summed E-state index contributed by atoms with van der Waals surface area (Å²) in [6.07, 6.45) is -12.1. The second-order valence-electron chi connectivity index (χ2n) is 18.7. The highest BCUT2D eigenvalue weighted by molar-refractivity contribution is 6.31. The number of hydrogen-bond acceptors (Lipinski definition) is 18. The third-order valence-electron chi connectivity index (χ3n) is 13.1. The van der Waals surface area contributed by atoms with Gasteiger partial charge in [0.05, 0.1) is 33.0 Å². The average Bonchev–Trinajstić information content (AvgIpc) is 4.09. The number of carbonyl (C=O) groups excluding carboxylic acids is 4. The minimum Gasteiger partial charge on any atom is -0.488 e. The Morgan fingerprint density at radius 1 is 0.608 bits per heavy atom. The first-order chi connectivity index (χ1) is 35.5. The van der Waals surface area contributed by atoms with E-state index in [-0.39, 0.29) is 22.8 Å². The Morgan fingerprint density at radius 3 is 1.65 bits per heavy atom. The van der Waals surface area contributed by atoms with Crippen LogP contribution in [0.2, 0.25) is 10.0 Å². The molecule has 0 saturated carbocycles. The van der Waals surface area contributed by atoms with Crippen molar-refractivity contribution in [2.75, 3.05) is 39.6 Å². The van der Waals surface area contributed by atoms with Crippen LogP contribution in [0.15, 0.2) is 84.9 Å². The van der Waals surface area contributed by atoms with Crippen LogP contribution >= 0.6 is 23.2 Å². The quantitative estimate of drug-likeness (QED) is 0.0806. The van der Waals surface area contributed by atoms with E-state index in [9.17, 15) is 34.5 Å². The SMILES string of the molecule is CC(=O)OC[C@H]1O[C@@](OC[C@H]2O[C@@H](c3ccc(Cc4ccc(O[C@H]5CCOC5)cc4)c(Cl)c3)[C@H](O)[C@@H](O)[C@@H]2O)(c2ccc(Cc3ccc(O[C@H]4CCOC4)cc3)c(Cl)c2)[C@H](OC(C)=O)[C@@H](OC(C)=O)[C@@H]1OC(C)=O. The number of halogens is 2. The van der Waals surface area contributed by atoms with Gasteiger partial charge in [-0.05, 0) is 77.1 Å². The number of ether oxygens (including phenoxy) is 11. The van der Waals surface area contributed by atoms with Crippen molar-refractivity contribution in [3.63, 3.8) is 0 Å². The van der Waals surface area contributed by atoms with E-state index in [0.717, 1.165) is 63.0 Å². The molecule has 0 aliphatic carbocycles. The maximum Gasteiger partial charge on any atom is 0.303 e. The molecule has 4 saturated heterocycles. The summed E-state index contributed by atoms with van der Waals surface area (Å²) < 4.78 is 65.4. The lowest BCUT2D eigenvalue weighted by atomic mass is 9.86. The maximum atomic E-state index is 13.2. The van der Waals surface area contributed by atoms with Gasteiger partial charge in [-0.15, -0.1) is 0 Å². The third-order valence-corrected chi connectivity index (χ3v) is 13.8. The van der Waals surface area contributed by atoms with Crippen LogP contribution in [0.1, 0.15) is 80.0 Å². The summed E-state index contributed by atoms with van der Waals surface area (Å²) in [5, 5.41) is 34.9. The Bertz CT molecular complexity index is 2580. The van der Waals surface area contributed by atoms with Crippen molar-refractivity contribution < 1.29 is 86.6 Å². The van der Waals surface area contributed by atoms with Gasteiger partial charge < -0.3 is 67.4 Å². The van der Waals surface area contributed by atoms with Gasteiger partial charge in [0.15, 0.2) is 12.2 Å². The zero-order valence-corrected chi connectivity index (χ0v) is 42.7. The van der Waals surface area contributed by atoms with Crippen LogP contribution in [0, 0.1) is 0 Å². The molecule has 12 atom stereocenters. The van der Waals surface area contributed by atoms with Crippen LogP contribution in [0.4, 0.5) is 0 Å².